The van der Waals surface area contributed by atoms with Crippen molar-refractivity contribution in [3.8, 4) is 0 Å². The largest absolute Gasteiger partial charge is 0.303 e. The van der Waals surface area contributed by atoms with Crippen LogP contribution < -0.4 is 5.32 Å². The van der Waals surface area contributed by atoms with Gasteiger partial charge in [0.2, 0.25) is 0 Å². The molecule has 3 unspecified atom stereocenters. The summed E-state index contributed by atoms with van der Waals surface area (Å²) in [6, 6.07) is 0.732. The quantitative estimate of drug-likeness (QED) is 0.688. The second-order valence-corrected chi connectivity index (χ2v) is 4.78. The number of hydrogen-bond donors (Lipinski definition) is 1. The van der Waals surface area contributed by atoms with Crippen LogP contribution in [0.1, 0.15) is 33.6 Å². The van der Waals surface area contributed by atoms with Crippen LogP contribution in [0.4, 0.5) is 0 Å². The van der Waals surface area contributed by atoms with Crippen molar-refractivity contribution in [2.45, 2.75) is 45.0 Å². The Bertz CT molecular complexity index is 116. The molecule has 0 aromatic carbocycles. The van der Waals surface area contributed by atoms with Crippen molar-refractivity contribution in [2.24, 2.45) is 5.92 Å². The minimum Gasteiger partial charge on any atom is -0.303 e. The van der Waals surface area contributed by atoms with E-state index in [0.29, 0.717) is 5.37 Å². The Morgan fingerprint density at radius 3 is 2.91 bits per heavy atom. The summed E-state index contributed by atoms with van der Waals surface area (Å²) in [5.74, 6) is 2.16. The first-order valence-electron chi connectivity index (χ1n) is 4.61. The van der Waals surface area contributed by atoms with E-state index in [2.05, 4.69) is 37.8 Å². The van der Waals surface area contributed by atoms with Crippen LogP contribution in [0, 0.1) is 5.92 Å². The van der Waals surface area contributed by atoms with E-state index in [0.717, 1.165) is 12.0 Å². The van der Waals surface area contributed by atoms with Gasteiger partial charge in [-0.15, -0.1) is 11.8 Å². The third-order valence-corrected chi connectivity index (χ3v) is 3.89. The molecule has 1 rings (SSSR count). The summed E-state index contributed by atoms with van der Waals surface area (Å²) in [6.07, 6.45) is 2.62. The van der Waals surface area contributed by atoms with Gasteiger partial charge in [0.1, 0.15) is 0 Å². The van der Waals surface area contributed by atoms with Gasteiger partial charge >= 0.3 is 0 Å². The highest BCUT2D eigenvalue weighted by atomic mass is 32.2. The summed E-state index contributed by atoms with van der Waals surface area (Å²) in [6.45, 7) is 6.89. The molecule has 1 nitrogen and oxygen atoms in total. The van der Waals surface area contributed by atoms with E-state index < -0.39 is 0 Å². The van der Waals surface area contributed by atoms with Gasteiger partial charge in [-0.3, -0.25) is 0 Å². The molecule has 1 aliphatic heterocycles. The van der Waals surface area contributed by atoms with Crippen LogP contribution in [0.15, 0.2) is 0 Å². The van der Waals surface area contributed by atoms with Crippen LogP contribution in [-0.4, -0.2) is 17.2 Å². The van der Waals surface area contributed by atoms with E-state index in [1.807, 2.05) is 0 Å². The standard InChI is InChI=1S/C9H19NS/c1-4-7(2)9-10-8(3)5-6-11-9/h7-10H,4-6H2,1-3H3. The molecule has 0 radical (unpaired) electrons. The van der Waals surface area contributed by atoms with E-state index in [4.69, 9.17) is 0 Å². The molecule has 3 atom stereocenters. The van der Waals surface area contributed by atoms with E-state index >= 15 is 0 Å². The molecule has 0 bridgehead atoms. The van der Waals surface area contributed by atoms with Gasteiger partial charge in [-0.05, 0) is 25.0 Å². The molecule has 1 fully saturated rings. The molecule has 1 saturated heterocycles. The predicted molar refractivity (Wildman–Crippen MR) is 52.9 cm³/mol. The Kier molecular flexibility index (Phi) is 3.73. The topological polar surface area (TPSA) is 12.0 Å². The molecule has 0 aliphatic carbocycles. The Balaban J connectivity index is 2.33. The SMILES string of the molecule is CCC(C)C1NC(C)CCS1. The lowest BCUT2D eigenvalue weighted by Gasteiger charge is -2.32. The zero-order valence-electron chi connectivity index (χ0n) is 7.76. The highest BCUT2D eigenvalue weighted by molar-refractivity contribution is 7.99. The monoisotopic (exact) mass is 173 g/mol. The third-order valence-electron chi connectivity index (χ3n) is 2.46. The van der Waals surface area contributed by atoms with E-state index in [9.17, 15) is 0 Å². The molecule has 0 amide bonds. The van der Waals surface area contributed by atoms with Gasteiger partial charge in [0, 0.05) is 6.04 Å². The second-order valence-electron chi connectivity index (χ2n) is 3.53. The first-order chi connectivity index (χ1) is 5.24. The van der Waals surface area contributed by atoms with Gasteiger partial charge in [0.25, 0.3) is 0 Å². The maximum atomic E-state index is 3.63. The minimum absolute atomic E-state index is 0.712. The van der Waals surface area contributed by atoms with E-state index in [1.54, 1.807) is 0 Å². The zero-order valence-corrected chi connectivity index (χ0v) is 8.58. The maximum Gasteiger partial charge on any atom is 0.0559 e. The average molecular weight is 173 g/mol. The van der Waals surface area contributed by atoms with Crippen molar-refractivity contribution >= 4 is 11.8 Å². The van der Waals surface area contributed by atoms with Crippen molar-refractivity contribution in [3.63, 3.8) is 0 Å². The Morgan fingerprint density at radius 2 is 2.36 bits per heavy atom. The van der Waals surface area contributed by atoms with Crippen LogP contribution in [-0.2, 0) is 0 Å². The normalized spacial score (nSPS) is 35.2. The molecule has 0 saturated carbocycles. The fraction of sp³-hybridized carbons (Fsp3) is 1.00. The molecule has 11 heavy (non-hydrogen) atoms. The maximum absolute atomic E-state index is 3.63. The Morgan fingerprint density at radius 1 is 1.64 bits per heavy atom. The number of thioether (sulfide) groups is 1. The number of nitrogens with one attached hydrogen (secondary N) is 1. The molecule has 0 aromatic rings. The van der Waals surface area contributed by atoms with Crippen molar-refractivity contribution < 1.29 is 0 Å². The van der Waals surface area contributed by atoms with Gasteiger partial charge < -0.3 is 5.32 Å². The van der Waals surface area contributed by atoms with Crippen molar-refractivity contribution in [1.29, 1.82) is 0 Å². The lowest BCUT2D eigenvalue weighted by Crippen LogP contribution is -2.42. The van der Waals surface area contributed by atoms with Crippen molar-refractivity contribution in [2.75, 3.05) is 5.75 Å². The Hall–Kier alpha value is 0.310. The van der Waals surface area contributed by atoms with Gasteiger partial charge in [0.05, 0.1) is 5.37 Å². The number of rotatable bonds is 2. The highest BCUT2D eigenvalue weighted by Gasteiger charge is 2.21. The van der Waals surface area contributed by atoms with Crippen LogP contribution in [0.5, 0.6) is 0 Å². The van der Waals surface area contributed by atoms with Crippen LogP contribution >= 0.6 is 11.8 Å². The summed E-state index contributed by atoms with van der Waals surface area (Å²) in [4.78, 5) is 0. The van der Waals surface area contributed by atoms with E-state index in [-0.39, 0.29) is 0 Å². The highest BCUT2D eigenvalue weighted by Crippen LogP contribution is 2.25. The molecule has 0 spiro atoms. The van der Waals surface area contributed by atoms with Crippen LogP contribution in [0.2, 0.25) is 0 Å². The van der Waals surface area contributed by atoms with Gasteiger partial charge in [-0.1, -0.05) is 20.3 Å². The van der Waals surface area contributed by atoms with Crippen LogP contribution in [0.25, 0.3) is 0 Å². The molecule has 1 heterocycles. The first-order valence-corrected chi connectivity index (χ1v) is 5.66. The van der Waals surface area contributed by atoms with Crippen LogP contribution in [0.3, 0.4) is 0 Å². The molecule has 66 valence electrons. The molecule has 1 aliphatic rings. The summed E-state index contributed by atoms with van der Waals surface area (Å²) in [5.41, 5.74) is 0. The lowest BCUT2D eigenvalue weighted by atomic mass is 10.1. The summed E-state index contributed by atoms with van der Waals surface area (Å²) in [7, 11) is 0. The number of hydrogen-bond acceptors (Lipinski definition) is 2. The van der Waals surface area contributed by atoms with Crippen molar-refractivity contribution in [3.05, 3.63) is 0 Å². The third kappa shape index (κ3) is 2.68. The Labute approximate surface area is 74.3 Å². The predicted octanol–water partition coefficient (Wildman–Crippen LogP) is 2.47. The molecular formula is C9H19NS. The van der Waals surface area contributed by atoms with Crippen molar-refractivity contribution in [1.82, 2.24) is 5.32 Å². The summed E-state index contributed by atoms with van der Waals surface area (Å²) in [5, 5.41) is 4.34. The zero-order chi connectivity index (χ0) is 8.27. The fourth-order valence-corrected chi connectivity index (χ4v) is 2.92. The molecular weight excluding hydrogens is 154 g/mol. The van der Waals surface area contributed by atoms with Gasteiger partial charge in [-0.25, -0.2) is 0 Å². The summed E-state index contributed by atoms with van der Waals surface area (Å²) >= 11 is 2.09. The average Bonchev–Trinajstić information content (AvgIpc) is 2.03. The molecule has 1 N–H and O–H groups in total. The fourth-order valence-electron chi connectivity index (χ4n) is 1.33. The molecule has 2 heteroatoms. The molecule has 0 aromatic heterocycles. The summed E-state index contributed by atoms with van der Waals surface area (Å²) < 4.78 is 0. The minimum atomic E-state index is 0.712. The van der Waals surface area contributed by atoms with Gasteiger partial charge in [0.15, 0.2) is 0 Å². The lowest BCUT2D eigenvalue weighted by molar-refractivity contribution is 0.406. The first kappa shape index (κ1) is 9.40. The van der Waals surface area contributed by atoms with Gasteiger partial charge in [-0.2, -0.15) is 0 Å². The second kappa shape index (κ2) is 4.36. The van der Waals surface area contributed by atoms with E-state index in [1.165, 1.54) is 18.6 Å². The smallest absolute Gasteiger partial charge is 0.0559 e.